The number of imide groups is 1. The number of carbonyl (C=O) groups excluding carboxylic acids is 3. The topological polar surface area (TPSA) is 79.0 Å². The van der Waals surface area contributed by atoms with E-state index in [0.29, 0.717) is 6.54 Å². The zero-order valence-electron chi connectivity index (χ0n) is 15.6. The van der Waals surface area contributed by atoms with Gasteiger partial charge >= 0.3 is 0 Å². The highest BCUT2D eigenvalue weighted by atomic mass is 16.5. The van der Waals surface area contributed by atoms with Gasteiger partial charge in [-0.15, -0.1) is 0 Å². The number of carbonyl (C=O) groups is 3. The van der Waals surface area contributed by atoms with Crippen LogP contribution in [0, 0.1) is 5.92 Å². The first-order valence-electron chi connectivity index (χ1n) is 10.1. The summed E-state index contributed by atoms with van der Waals surface area (Å²) in [6.45, 7) is 2.85. The summed E-state index contributed by atoms with van der Waals surface area (Å²) in [5, 5.41) is 3.23. The van der Waals surface area contributed by atoms with Crippen LogP contribution < -0.4 is 5.32 Å². The van der Waals surface area contributed by atoms with E-state index < -0.39 is 0 Å². The summed E-state index contributed by atoms with van der Waals surface area (Å²) in [4.78, 5) is 40.8. The van der Waals surface area contributed by atoms with Gasteiger partial charge in [-0.05, 0) is 45.1 Å². The van der Waals surface area contributed by atoms with Crippen molar-refractivity contribution in [1.29, 1.82) is 0 Å². The number of rotatable bonds is 6. The zero-order chi connectivity index (χ0) is 18.4. The van der Waals surface area contributed by atoms with E-state index in [1.54, 1.807) is 0 Å². The zero-order valence-corrected chi connectivity index (χ0v) is 15.6. The Morgan fingerprint density at radius 3 is 2.31 bits per heavy atom. The third-order valence-corrected chi connectivity index (χ3v) is 5.47. The summed E-state index contributed by atoms with van der Waals surface area (Å²) < 4.78 is 5.40. The molecule has 3 fully saturated rings. The van der Waals surface area contributed by atoms with Gasteiger partial charge < -0.3 is 15.0 Å². The molecule has 146 valence electrons. The van der Waals surface area contributed by atoms with Gasteiger partial charge in [-0.25, -0.2) is 0 Å². The van der Waals surface area contributed by atoms with Crippen LogP contribution in [0.3, 0.4) is 0 Å². The Morgan fingerprint density at radius 2 is 1.69 bits per heavy atom. The highest BCUT2D eigenvalue weighted by Gasteiger charge is 2.40. The molecule has 3 rings (SSSR count). The van der Waals surface area contributed by atoms with E-state index in [9.17, 15) is 14.4 Å². The molecular weight excluding hydrogens is 334 g/mol. The summed E-state index contributed by atoms with van der Waals surface area (Å²) in [7, 11) is 0. The van der Waals surface area contributed by atoms with Gasteiger partial charge in [0.15, 0.2) is 0 Å². The van der Waals surface area contributed by atoms with Crippen LogP contribution in [0.2, 0.25) is 0 Å². The highest BCUT2D eigenvalue weighted by Crippen LogP contribution is 2.29. The molecule has 26 heavy (non-hydrogen) atoms. The van der Waals surface area contributed by atoms with Crippen molar-refractivity contribution in [3.05, 3.63) is 0 Å². The first-order chi connectivity index (χ1) is 12.7. The van der Waals surface area contributed by atoms with Crippen molar-refractivity contribution in [3.8, 4) is 0 Å². The average Bonchev–Trinajstić information content (AvgIpc) is 3.49. The molecule has 3 aliphatic rings. The molecule has 7 nitrogen and oxygen atoms in total. The first kappa shape index (κ1) is 19.3. The number of hydrogen-bond donors (Lipinski definition) is 1. The largest absolute Gasteiger partial charge is 0.362 e. The van der Waals surface area contributed by atoms with Crippen LogP contribution in [-0.4, -0.2) is 73.0 Å². The minimum atomic E-state index is -0.299. The molecule has 1 N–H and O–H groups in total. The van der Waals surface area contributed by atoms with E-state index in [0.717, 1.165) is 71.0 Å². The maximum atomic E-state index is 12.7. The summed E-state index contributed by atoms with van der Waals surface area (Å²) in [6, 6.07) is 0.0295. The van der Waals surface area contributed by atoms with Crippen LogP contribution in [0.5, 0.6) is 0 Å². The molecule has 0 aromatic carbocycles. The molecular formula is C19H31N3O4. The van der Waals surface area contributed by atoms with Crippen LogP contribution in [0.25, 0.3) is 0 Å². The van der Waals surface area contributed by atoms with Gasteiger partial charge in [0.25, 0.3) is 5.91 Å². The fraction of sp³-hybridized carbons (Fsp3) is 0.842. The van der Waals surface area contributed by atoms with E-state index in [2.05, 4.69) is 5.32 Å². The van der Waals surface area contributed by atoms with Crippen molar-refractivity contribution in [2.24, 2.45) is 5.92 Å². The Bertz CT molecular complexity index is 507. The van der Waals surface area contributed by atoms with E-state index in [-0.39, 0.29) is 42.9 Å². The minimum Gasteiger partial charge on any atom is -0.362 e. The Morgan fingerprint density at radius 1 is 0.962 bits per heavy atom. The quantitative estimate of drug-likeness (QED) is 0.757. The van der Waals surface area contributed by atoms with Crippen LogP contribution >= 0.6 is 0 Å². The first-order valence-corrected chi connectivity index (χ1v) is 10.1. The lowest BCUT2D eigenvalue weighted by atomic mass is 9.98. The molecule has 0 aromatic heterocycles. The van der Waals surface area contributed by atoms with Gasteiger partial charge in [-0.1, -0.05) is 12.8 Å². The van der Waals surface area contributed by atoms with Gasteiger partial charge in [0.2, 0.25) is 11.8 Å². The van der Waals surface area contributed by atoms with Crippen molar-refractivity contribution in [2.75, 3.05) is 39.4 Å². The number of nitrogens with zero attached hydrogens (tertiary/aromatic N) is 2. The Hall–Kier alpha value is -1.47. The number of hydrogen-bond acceptors (Lipinski definition) is 5. The second kappa shape index (κ2) is 9.46. The van der Waals surface area contributed by atoms with Crippen LogP contribution in [0.15, 0.2) is 0 Å². The number of amides is 3. The maximum Gasteiger partial charge on any atom is 0.255 e. The van der Waals surface area contributed by atoms with E-state index in [4.69, 9.17) is 4.74 Å². The average molecular weight is 365 g/mol. The smallest absolute Gasteiger partial charge is 0.255 e. The van der Waals surface area contributed by atoms with Crippen LogP contribution in [-0.2, 0) is 19.1 Å². The van der Waals surface area contributed by atoms with E-state index >= 15 is 0 Å². The number of likely N-dealkylation sites (tertiary alicyclic amines) is 1. The maximum absolute atomic E-state index is 12.7. The lowest BCUT2D eigenvalue weighted by molar-refractivity contribution is -0.152. The predicted molar refractivity (Wildman–Crippen MR) is 96.3 cm³/mol. The molecule has 0 radical (unpaired) electrons. The van der Waals surface area contributed by atoms with E-state index in [1.807, 2.05) is 4.90 Å². The van der Waals surface area contributed by atoms with Crippen molar-refractivity contribution >= 4 is 17.7 Å². The third kappa shape index (κ3) is 5.27. The molecule has 1 aliphatic carbocycles. The van der Waals surface area contributed by atoms with Crippen LogP contribution in [0.1, 0.15) is 51.4 Å². The van der Waals surface area contributed by atoms with Crippen molar-refractivity contribution in [1.82, 2.24) is 15.1 Å². The molecule has 2 saturated heterocycles. The summed E-state index contributed by atoms with van der Waals surface area (Å²) in [6.07, 6.45) is 7.94. The summed E-state index contributed by atoms with van der Waals surface area (Å²) in [5.74, 6) is -0.550. The van der Waals surface area contributed by atoms with Gasteiger partial charge in [-0.3, -0.25) is 19.3 Å². The highest BCUT2D eigenvalue weighted by molar-refractivity contribution is 5.98. The second-order valence-electron chi connectivity index (χ2n) is 7.66. The van der Waals surface area contributed by atoms with Gasteiger partial charge in [0.05, 0.1) is 5.92 Å². The standard InChI is InChI=1S/C19H31N3O4/c23-17(21-10-3-1-2-4-11-21)13-26-14-18(24)22(16-7-8-16)19(25)15-6-5-9-20-12-15/h15-16,20H,1-14H2. The Labute approximate surface area is 155 Å². The molecule has 0 aromatic rings. The lowest BCUT2D eigenvalue weighted by Crippen LogP contribution is -2.48. The van der Waals surface area contributed by atoms with Crippen LogP contribution in [0.4, 0.5) is 0 Å². The van der Waals surface area contributed by atoms with Crippen molar-refractivity contribution in [3.63, 3.8) is 0 Å². The number of nitrogens with one attached hydrogen (secondary N) is 1. The lowest BCUT2D eigenvalue weighted by Gasteiger charge is -2.28. The number of ether oxygens (including phenoxy) is 1. The van der Waals surface area contributed by atoms with Gasteiger partial charge in [0.1, 0.15) is 13.2 Å². The SMILES string of the molecule is O=C(COCC(=O)N(C(=O)C1CCCNC1)C1CC1)N1CCCCCC1. The molecule has 0 spiro atoms. The predicted octanol–water partition coefficient (Wildman–Crippen LogP) is 0.923. The third-order valence-electron chi connectivity index (χ3n) is 5.47. The fourth-order valence-electron chi connectivity index (χ4n) is 3.81. The molecule has 3 amide bonds. The second-order valence-corrected chi connectivity index (χ2v) is 7.66. The molecule has 2 heterocycles. The monoisotopic (exact) mass is 365 g/mol. The molecule has 7 heteroatoms. The fourth-order valence-corrected chi connectivity index (χ4v) is 3.81. The Balaban J connectivity index is 1.45. The van der Waals surface area contributed by atoms with Crippen molar-refractivity contribution < 1.29 is 19.1 Å². The summed E-state index contributed by atoms with van der Waals surface area (Å²) >= 11 is 0. The molecule has 2 aliphatic heterocycles. The minimum absolute atomic E-state index is 0.0295. The van der Waals surface area contributed by atoms with Gasteiger partial charge in [0, 0.05) is 25.7 Å². The number of piperidine rings is 1. The normalized spacial score (nSPS) is 24.0. The summed E-state index contributed by atoms with van der Waals surface area (Å²) in [5.41, 5.74) is 0. The Kier molecular flexibility index (Phi) is 7.02. The molecule has 1 saturated carbocycles. The van der Waals surface area contributed by atoms with E-state index in [1.165, 1.54) is 4.90 Å². The van der Waals surface area contributed by atoms with Gasteiger partial charge in [-0.2, -0.15) is 0 Å². The molecule has 1 unspecified atom stereocenters. The van der Waals surface area contributed by atoms with Crippen molar-refractivity contribution in [2.45, 2.75) is 57.4 Å². The molecule has 0 bridgehead atoms. The molecule has 1 atom stereocenters.